The predicted molar refractivity (Wildman–Crippen MR) is 113 cm³/mol. The zero-order chi connectivity index (χ0) is 21.2. The fourth-order valence-corrected chi connectivity index (χ4v) is 3.20. The number of benzene rings is 1. The molecule has 0 saturated carbocycles. The van der Waals surface area contributed by atoms with E-state index in [9.17, 15) is 14.4 Å². The molecule has 1 radical (unpaired) electrons. The van der Waals surface area contributed by atoms with Gasteiger partial charge in [0.1, 0.15) is 0 Å². The predicted octanol–water partition coefficient (Wildman–Crippen LogP) is 2.41. The van der Waals surface area contributed by atoms with Gasteiger partial charge in [-0.2, -0.15) is 0 Å². The molecule has 6 nitrogen and oxygen atoms in total. The average Bonchev–Trinajstić information content (AvgIpc) is 3.04. The number of nitrogens with one attached hydrogen (secondary N) is 1. The molecule has 1 atom stereocenters. The summed E-state index contributed by atoms with van der Waals surface area (Å²) < 4.78 is 4.66. The van der Waals surface area contributed by atoms with Gasteiger partial charge < -0.3 is 4.74 Å². The second-order valence-corrected chi connectivity index (χ2v) is 6.89. The molecule has 1 aliphatic rings. The number of carbonyl (C=O) groups is 3. The van der Waals surface area contributed by atoms with Crippen LogP contribution in [-0.4, -0.2) is 55.3 Å². The molecule has 1 N–H and O–H groups in total. The van der Waals surface area contributed by atoms with E-state index in [-0.39, 0.29) is 24.5 Å². The van der Waals surface area contributed by atoms with E-state index in [1.807, 2.05) is 12.1 Å². The van der Waals surface area contributed by atoms with Crippen molar-refractivity contribution in [3.05, 3.63) is 34.9 Å². The van der Waals surface area contributed by atoms with Gasteiger partial charge in [-0.1, -0.05) is 0 Å². The maximum atomic E-state index is 12.8. The molecule has 1 aromatic rings. The summed E-state index contributed by atoms with van der Waals surface area (Å²) in [6, 6.07) is 5.17. The molecular weight excluding hydrogens is 391 g/mol. The molecule has 0 bridgehead atoms. The molecule has 2 amide bonds. The zero-order valence-electron chi connectivity index (χ0n) is 16.4. The summed E-state index contributed by atoms with van der Waals surface area (Å²) >= 11 is 5.10. The van der Waals surface area contributed by atoms with Crippen LogP contribution in [0.4, 0.5) is 4.79 Å². The summed E-state index contributed by atoms with van der Waals surface area (Å²) in [7, 11) is 7.33. The first-order chi connectivity index (χ1) is 14.0. The second kappa shape index (κ2) is 11.4. The third kappa shape index (κ3) is 6.47. The summed E-state index contributed by atoms with van der Waals surface area (Å²) in [6.07, 6.45) is 2.86. The number of unbranched alkanes of at least 4 members (excludes halogenated alkanes) is 2. The maximum absolute atomic E-state index is 12.8. The Kier molecular flexibility index (Phi) is 8.94. The Balaban J connectivity index is 2.01. The van der Waals surface area contributed by atoms with Gasteiger partial charge in [-0.15, -0.1) is 0 Å². The van der Waals surface area contributed by atoms with E-state index < -0.39 is 5.43 Å². The van der Waals surface area contributed by atoms with Crippen molar-refractivity contribution in [1.29, 1.82) is 0 Å². The second-order valence-electron chi connectivity index (χ2n) is 6.58. The van der Waals surface area contributed by atoms with Gasteiger partial charge in [-0.3, -0.25) is 0 Å². The molecule has 8 heteroatoms. The number of fused-ring (bicyclic) bond motifs is 1. The number of nitrogens with zero attached hydrogens (tertiary/aromatic N) is 1. The Labute approximate surface area is 177 Å². The van der Waals surface area contributed by atoms with Crippen LogP contribution in [0.1, 0.15) is 53.6 Å². The fraction of sp³-hybridized carbons (Fsp3) is 0.429. The van der Waals surface area contributed by atoms with Crippen LogP contribution >= 0.6 is 11.6 Å². The van der Waals surface area contributed by atoms with Crippen molar-refractivity contribution in [3.63, 3.8) is 0 Å². The molecule has 1 heterocycles. The van der Waals surface area contributed by atoms with E-state index in [2.05, 4.69) is 21.9 Å². The Bertz CT molecular complexity index is 847. The molecule has 1 aromatic carbocycles. The topological polar surface area (TPSA) is 75.7 Å². The van der Waals surface area contributed by atoms with Crippen LogP contribution in [0, 0.1) is 11.8 Å². The fourth-order valence-electron chi connectivity index (χ4n) is 3.12. The minimum absolute atomic E-state index is 0.0895. The molecule has 1 aliphatic heterocycles. The number of hydrogen-bond donors (Lipinski definition) is 1. The van der Waals surface area contributed by atoms with Crippen LogP contribution in [0.5, 0.6) is 0 Å². The Morgan fingerprint density at radius 3 is 2.90 bits per heavy atom. The first-order valence-corrected chi connectivity index (χ1v) is 9.85. The first-order valence-electron chi connectivity index (χ1n) is 9.47. The van der Waals surface area contributed by atoms with Gasteiger partial charge in [0.15, 0.2) is 0 Å². The van der Waals surface area contributed by atoms with Crippen LogP contribution in [0.3, 0.4) is 0 Å². The third-order valence-corrected chi connectivity index (χ3v) is 4.81. The van der Waals surface area contributed by atoms with Crippen LogP contribution < -0.4 is 5.32 Å². The van der Waals surface area contributed by atoms with E-state index in [0.29, 0.717) is 37.8 Å². The van der Waals surface area contributed by atoms with Crippen molar-refractivity contribution in [2.24, 2.45) is 0 Å². The third-order valence-electron chi connectivity index (χ3n) is 4.70. The van der Waals surface area contributed by atoms with Gasteiger partial charge in [0.25, 0.3) is 0 Å². The molecule has 0 fully saturated rings. The van der Waals surface area contributed by atoms with E-state index in [0.717, 1.165) is 17.5 Å². The Morgan fingerprint density at radius 2 is 2.21 bits per heavy atom. The van der Waals surface area contributed by atoms with Gasteiger partial charge in [-0.25, -0.2) is 4.79 Å². The number of amides is 2. The summed E-state index contributed by atoms with van der Waals surface area (Å²) in [4.78, 5) is 36.5. The van der Waals surface area contributed by atoms with E-state index >= 15 is 0 Å². The van der Waals surface area contributed by atoms with Crippen molar-refractivity contribution in [2.75, 3.05) is 13.7 Å². The summed E-state index contributed by atoms with van der Waals surface area (Å²) in [5.41, 5.74) is 1.52. The van der Waals surface area contributed by atoms with Gasteiger partial charge in [0.2, 0.25) is 0 Å². The van der Waals surface area contributed by atoms with Crippen LogP contribution in [0.15, 0.2) is 18.2 Å². The Morgan fingerprint density at radius 1 is 1.41 bits per heavy atom. The molecule has 0 spiro atoms. The molecule has 0 aliphatic carbocycles. The average molecular weight is 414 g/mol. The molecule has 0 saturated heterocycles. The molecule has 151 valence electrons. The van der Waals surface area contributed by atoms with Crippen molar-refractivity contribution in [1.82, 2.24) is 10.2 Å². The van der Waals surface area contributed by atoms with Crippen molar-refractivity contribution in [3.8, 4) is 11.8 Å². The van der Waals surface area contributed by atoms with E-state index in [1.165, 1.54) is 5.97 Å². The van der Waals surface area contributed by atoms with E-state index in [4.69, 9.17) is 19.1 Å². The molecule has 1 unspecified atom stereocenters. The van der Waals surface area contributed by atoms with Crippen LogP contribution in [-0.2, 0) is 16.1 Å². The van der Waals surface area contributed by atoms with Gasteiger partial charge >= 0.3 is 156 Å². The Hall–Kier alpha value is -2.59. The molecular formula is C21H23BClN2O4. The van der Waals surface area contributed by atoms with Crippen molar-refractivity contribution in [2.45, 2.75) is 44.7 Å². The summed E-state index contributed by atoms with van der Waals surface area (Å²) in [5, 5.41) is 2.57. The van der Waals surface area contributed by atoms with Crippen LogP contribution in [0.2, 0.25) is 0 Å². The van der Waals surface area contributed by atoms with Gasteiger partial charge in [0.05, 0.1) is 0 Å². The first kappa shape index (κ1) is 22.7. The van der Waals surface area contributed by atoms with Crippen molar-refractivity contribution >= 4 is 42.3 Å². The van der Waals surface area contributed by atoms with Gasteiger partial charge in [-0.05, 0) is 0 Å². The molecule has 29 heavy (non-hydrogen) atoms. The number of ether oxygens (including phenoxy) is 1. The summed E-state index contributed by atoms with van der Waals surface area (Å²) in [5.74, 6) is 7.51. The minimum atomic E-state index is -0.798. The number of carbonyl (C=O) groups excluding carboxylic acids is 3. The zero-order valence-corrected chi connectivity index (χ0v) is 17.1. The summed E-state index contributed by atoms with van der Waals surface area (Å²) in [6.45, 7) is 0.693. The monoisotopic (exact) mass is 413 g/mol. The number of hydrogen-bond acceptors (Lipinski definition) is 4. The molecule has 2 rings (SSSR count). The normalized spacial score (nSPS) is 13.1. The SMILES string of the molecule is [B]=CC(CCC(=O)NC)N1Cc2c(C#CCCCCOC(=O)Cl)cccc2C1=O. The van der Waals surface area contributed by atoms with Crippen molar-refractivity contribution < 1.29 is 19.1 Å². The van der Waals surface area contributed by atoms with E-state index in [1.54, 1.807) is 18.0 Å². The van der Waals surface area contributed by atoms with Gasteiger partial charge in [0, 0.05) is 11.6 Å². The van der Waals surface area contributed by atoms with Crippen LogP contribution in [0.25, 0.3) is 0 Å². The quantitative estimate of drug-likeness (QED) is 0.292. The molecule has 0 aromatic heterocycles. The number of halogens is 1. The standard InChI is InChI=1S/C21H23BClN2O4/c1-24-19(26)11-10-16(13-22)25-14-18-15(8-6-9-17(18)20(25)27)7-4-2-3-5-12-29-21(23)28/h6,8-9,13,16H,2-3,5,10-12,14H2,1H3,(H,24,26). The number of rotatable bonds is 9.